The van der Waals surface area contributed by atoms with Gasteiger partial charge in [0.25, 0.3) is 5.91 Å². The van der Waals surface area contributed by atoms with Crippen molar-refractivity contribution >= 4 is 22.6 Å². The number of carbonyl (C=O) groups excluding carboxylic acids is 2. The molecule has 1 aromatic carbocycles. The Morgan fingerprint density at radius 3 is 2.91 bits per heavy atom. The molecule has 0 radical (unpaired) electrons. The normalized spacial score (nSPS) is 16.2. The number of benzene rings is 1. The number of Topliss-reactive ketones (excluding diaryl/α,β-unsaturated/α-hetero) is 1. The van der Waals surface area contributed by atoms with Gasteiger partial charge in [0, 0.05) is 54.9 Å². The van der Waals surface area contributed by atoms with Gasteiger partial charge in [0.1, 0.15) is 5.69 Å². The Morgan fingerprint density at radius 1 is 1.19 bits per heavy atom. The van der Waals surface area contributed by atoms with Crippen LogP contribution in [0, 0.1) is 0 Å². The maximum atomic E-state index is 12.9. The van der Waals surface area contributed by atoms with Crippen LogP contribution in [0.1, 0.15) is 77.0 Å². The van der Waals surface area contributed by atoms with Crippen molar-refractivity contribution in [2.75, 3.05) is 13.7 Å². The molecule has 1 amide bonds. The summed E-state index contributed by atoms with van der Waals surface area (Å²) < 4.78 is 5.78. The van der Waals surface area contributed by atoms with Gasteiger partial charge in [0.05, 0.1) is 6.10 Å². The number of aromatic amines is 1. The molecule has 0 bridgehead atoms. The third-order valence-corrected chi connectivity index (χ3v) is 6.17. The number of ketones is 1. The molecular weight excluding hydrogens is 402 g/mol. The van der Waals surface area contributed by atoms with Crippen LogP contribution in [0.3, 0.4) is 0 Å². The van der Waals surface area contributed by atoms with Gasteiger partial charge in [-0.05, 0) is 61.9 Å². The van der Waals surface area contributed by atoms with E-state index < -0.39 is 0 Å². The number of hydrogen-bond acceptors (Lipinski definition) is 4. The summed E-state index contributed by atoms with van der Waals surface area (Å²) in [5.74, 6) is -0.224. The van der Waals surface area contributed by atoms with Crippen molar-refractivity contribution in [1.82, 2.24) is 15.3 Å². The van der Waals surface area contributed by atoms with E-state index in [-0.39, 0.29) is 17.4 Å². The number of rotatable bonds is 9. The number of H-pyrrole nitrogens is 1. The topological polar surface area (TPSA) is 84.1 Å². The van der Waals surface area contributed by atoms with Gasteiger partial charge in [-0.15, -0.1) is 0 Å². The highest BCUT2D eigenvalue weighted by molar-refractivity contribution is 5.99. The lowest BCUT2D eigenvalue weighted by atomic mass is 9.98. The predicted molar refractivity (Wildman–Crippen MR) is 125 cm³/mol. The van der Waals surface area contributed by atoms with E-state index in [2.05, 4.69) is 21.4 Å². The quantitative estimate of drug-likeness (QED) is 0.374. The minimum Gasteiger partial charge on any atom is -0.378 e. The summed E-state index contributed by atoms with van der Waals surface area (Å²) in [6.45, 7) is 0.863. The molecule has 1 atom stereocenters. The fourth-order valence-electron chi connectivity index (χ4n) is 4.42. The summed E-state index contributed by atoms with van der Waals surface area (Å²) in [4.78, 5) is 33.0. The second kappa shape index (κ2) is 10.6. The Bertz CT molecular complexity index is 1080. The average Bonchev–Trinajstić information content (AvgIpc) is 3.32. The molecule has 6 heteroatoms. The van der Waals surface area contributed by atoms with Gasteiger partial charge in [-0.1, -0.05) is 18.6 Å². The van der Waals surface area contributed by atoms with Gasteiger partial charge in [0.2, 0.25) is 0 Å². The van der Waals surface area contributed by atoms with Crippen LogP contribution in [-0.2, 0) is 11.2 Å². The fraction of sp³-hybridized carbons (Fsp3) is 0.423. The highest BCUT2D eigenvalue weighted by Crippen LogP contribution is 2.22. The average molecular weight is 434 g/mol. The van der Waals surface area contributed by atoms with Gasteiger partial charge in [-0.3, -0.25) is 9.59 Å². The van der Waals surface area contributed by atoms with Crippen molar-refractivity contribution in [3.8, 4) is 0 Å². The lowest BCUT2D eigenvalue weighted by Gasteiger charge is -2.22. The molecule has 1 saturated heterocycles. The molecule has 1 aliphatic heterocycles. The van der Waals surface area contributed by atoms with E-state index in [0.717, 1.165) is 60.9 Å². The molecule has 3 heterocycles. The third kappa shape index (κ3) is 5.43. The van der Waals surface area contributed by atoms with Gasteiger partial charge in [0.15, 0.2) is 5.78 Å². The Hall–Kier alpha value is -2.99. The van der Waals surface area contributed by atoms with Crippen molar-refractivity contribution in [2.45, 2.75) is 57.5 Å². The Kier molecular flexibility index (Phi) is 7.32. The minimum absolute atomic E-state index is 0.0585. The number of nitrogens with one attached hydrogen (secondary N) is 2. The van der Waals surface area contributed by atoms with Crippen LogP contribution >= 0.6 is 0 Å². The molecule has 4 rings (SSSR count). The van der Waals surface area contributed by atoms with Crippen molar-refractivity contribution in [1.29, 1.82) is 0 Å². The van der Waals surface area contributed by atoms with Gasteiger partial charge < -0.3 is 15.0 Å². The second-order valence-corrected chi connectivity index (χ2v) is 8.50. The first-order valence-electron chi connectivity index (χ1n) is 11.6. The first-order chi connectivity index (χ1) is 15.6. The van der Waals surface area contributed by atoms with E-state index in [4.69, 9.17) is 4.74 Å². The summed E-state index contributed by atoms with van der Waals surface area (Å²) in [5, 5.41) is 3.74. The molecule has 1 fully saturated rings. The molecule has 0 spiro atoms. The van der Waals surface area contributed by atoms with E-state index in [1.807, 2.05) is 30.5 Å². The Balaban J connectivity index is 1.46. The number of nitrogens with zero attached hydrogens (tertiary/aromatic N) is 1. The van der Waals surface area contributed by atoms with Crippen LogP contribution in [0.5, 0.6) is 0 Å². The summed E-state index contributed by atoms with van der Waals surface area (Å²) in [6, 6.07) is 11.6. The predicted octanol–water partition coefficient (Wildman–Crippen LogP) is 4.83. The largest absolute Gasteiger partial charge is 0.378 e. The Labute approximate surface area is 188 Å². The SMILES string of the molecule is CNC(=O)c1cc(C(=O)CCCC[C@H]2CCCCO2)cc(Cc2cccc3[nH]ccc23)n1. The monoisotopic (exact) mass is 433 g/mol. The van der Waals surface area contributed by atoms with Crippen molar-refractivity contribution in [2.24, 2.45) is 0 Å². The number of fused-ring (bicyclic) bond motifs is 1. The third-order valence-electron chi connectivity index (χ3n) is 6.17. The zero-order valence-electron chi connectivity index (χ0n) is 18.7. The molecule has 0 aliphatic carbocycles. The number of amides is 1. The van der Waals surface area contributed by atoms with E-state index in [9.17, 15) is 9.59 Å². The van der Waals surface area contributed by atoms with Gasteiger partial charge >= 0.3 is 0 Å². The first-order valence-corrected chi connectivity index (χ1v) is 11.6. The van der Waals surface area contributed by atoms with Crippen LogP contribution in [0.25, 0.3) is 10.9 Å². The van der Waals surface area contributed by atoms with Crippen molar-refractivity contribution < 1.29 is 14.3 Å². The summed E-state index contributed by atoms with van der Waals surface area (Å²) in [7, 11) is 1.58. The first kappa shape index (κ1) is 22.2. The number of unbranched alkanes of at least 4 members (excludes halogenated alkanes) is 1. The van der Waals surface area contributed by atoms with Crippen LogP contribution in [0.15, 0.2) is 42.6 Å². The molecular formula is C26H31N3O3. The maximum Gasteiger partial charge on any atom is 0.269 e. The van der Waals surface area contributed by atoms with E-state index in [1.165, 1.54) is 6.42 Å². The van der Waals surface area contributed by atoms with E-state index in [0.29, 0.717) is 24.5 Å². The molecule has 2 N–H and O–H groups in total. The van der Waals surface area contributed by atoms with E-state index >= 15 is 0 Å². The van der Waals surface area contributed by atoms with Crippen molar-refractivity contribution in [3.05, 3.63) is 65.1 Å². The van der Waals surface area contributed by atoms with Gasteiger partial charge in [-0.25, -0.2) is 4.98 Å². The molecule has 0 saturated carbocycles. The summed E-state index contributed by atoms with van der Waals surface area (Å²) in [5.41, 5.74) is 3.73. The molecule has 1 aliphatic rings. The zero-order chi connectivity index (χ0) is 22.3. The second-order valence-electron chi connectivity index (χ2n) is 8.50. The summed E-state index contributed by atoms with van der Waals surface area (Å²) >= 11 is 0. The van der Waals surface area contributed by atoms with Crippen molar-refractivity contribution in [3.63, 3.8) is 0 Å². The highest BCUT2D eigenvalue weighted by Gasteiger charge is 2.16. The number of hydrogen-bond donors (Lipinski definition) is 2. The standard InChI is InChI=1S/C26H31N3O3/c1-27-26(31)24-17-19(25(30)11-3-2-8-21-9-4-5-14-32-21)16-20(29-24)15-18-7-6-10-23-22(18)12-13-28-23/h6-7,10,12-13,16-17,21,28H,2-5,8-9,11,14-15H2,1H3,(H,27,31)/t21-/m0/s1. The molecule has 3 aromatic rings. The van der Waals surface area contributed by atoms with E-state index in [1.54, 1.807) is 13.1 Å². The molecule has 0 unspecified atom stereocenters. The minimum atomic E-state index is -0.282. The highest BCUT2D eigenvalue weighted by atomic mass is 16.5. The van der Waals surface area contributed by atoms with Crippen LogP contribution < -0.4 is 5.32 Å². The fourth-order valence-corrected chi connectivity index (χ4v) is 4.42. The zero-order valence-corrected chi connectivity index (χ0v) is 18.7. The van der Waals surface area contributed by atoms with Crippen LogP contribution in [-0.4, -0.2) is 41.4 Å². The number of aromatic nitrogens is 2. The number of ether oxygens (including phenoxy) is 1. The maximum absolute atomic E-state index is 12.9. The number of carbonyl (C=O) groups is 2. The molecule has 168 valence electrons. The van der Waals surface area contributed by atoms with Crippen LogP contribution in [0.4, 0.5) is 0 Å². The summed E-state index contributed by atoms with van der Waals surface area (Å²) in [6.07, 6.45) is 9.63. The lowest BCUT2D eigenvalue weighted by molar-refractivity contribution is 0.00979. The number of pyridine rings is 1. The molecule has 6 nitrogen and oxygen atoms in total. The smallest absolute Gasteiger partial charge is 0.269 e. The molecule has 32 heavy (non-hydrogen) atoms. The lowest BCUT2D eigenvalue weighted by Crippen LogP contribution is -2.21. The molecule has 2 aromatic heterocycles. The van der Waals surface area contributed by atoms with Crippen LogP contribution in [0.2, 0.25) is 0 Å². The Morgan fingerprint density at radius 2 is 2.09 bits per heavy atom. The van der Waals surface area contributed by atoms with Gasteiger partial charge in [-0.2, -0.15) is 0 Å².